The van der Waals surface area contributed by atoms with Crippen LogP contribution in [0.4, 0.5) is 0 Å². The summed E-state index contributed by atoms with van der Waals surface area (Å²) in [5, 5.41) is 8.89. The summed E-state index contributed by atoms with van der Waals surface area (Å²) in [5.41, 5.74) is 0.633. The highest BCUT2D eigenvalue weighted by Crippen LogP contribution is 2.24. The van der Waals surface area contributed by atoms with Crippen LogP contribution < -0.4 is 4.74 Å². The fourth-order valence-electron chi connectivity index (χ4n) is 2.98. The fraction of sp³-hybridized carbons (Fsp3) is 0.579. The molecule has 0 aromatic heterocycles. The van der Waals surface area contributed by atoms with Gasteiger partial charge in [-0.15, -0.1) is 0 Å². The van der Waals surface area contributed by atoms with Crippen molar-refractivity contribution in [2.45, 2.75) is 52.0 Å². The topological polar surface area (TPSA) is 66.8 Å². The number of nitrogens with zero attached hydrogens (tertiary/aromatic N) is 1. The molecule has 132 valence electrons. The van der Waals surface area contributed by atoms with Crippen LogP contribution in [0.15, 0.2) is 24.3 Å². The van der Waals surface area contributed by atoms with Gasteiger partial charge in [-0.1, -0.05) is 13.8 Å². The van der Waals surface area contributed by atoms with Crippen molar-refractivity contribution in [2.24, 2.45) is 5.92 Å². The Bertz CT molecular complexity index is 553. The number of hydrogen-bond acceptors (Lipinski definition) is 3. The van der Waals surface area contributed by atoms with Crippen molar-refractivity contribution in [2.75, 3.05) is 13.2 Å². The zero-order chi connectivity index (χ0) is 17.5. The van der Waals surface area contributed by atoms with Crippen molar-refractivity contribution in [1.29, 1.82) is 0 Å². The first-order chi connectivity index (χ1) is 11.5. The summed E-state index contributed by atoms with van der Waals surface area (Å²) in [6.07, 6.45) is 3.54. The molecule has 24 heavy (non-hydrogen) atoms. The highest BCUT2D eigenvalue weighted by Gasteiger charge is 2.27. The molecule has 0 spiro atoms. The van der Waals surface area contributed by atoms with Crippen molar-refractivity contribution in [1.82, 2.24) is 4.90 Å². The second-order valence-electron chi connectivity index (χ2n) is 6.81. The molecule has 1 saturated heterocycles. The Labute approximate surface area is 143 Å². The molecule has 1 atom stereocenters. The number of amides is 1. The number of hydrogen-bond donors (Lipinski definition) is 1. The first kappa shape index (κ1) is 18.3. The van der Waals surface area contributed by atoms with Crippen LogP contribution in [0.2, 0.25) is 0 Å². The number of benzene rings is 1. The van der Waals surface area contributed by atoms with E-state index < -0.39 is 5.97 Å². The van der Waals surface area contributed by atoms with E-state index in [0.29, 0.717) is 31.1 Å². The smallest absolute Gasteiger partial charge is 0.303 e. The van der Waals surface area contributed by atoms with E-state index in [-0.39, 0.29) is 18.4 Å². The van der Waals surface area contributed by atoms with E-state index in [1.165, 1.54) is 0 Å². The monoisotopic (exact) mass is 333 g/mol. The van der Waals surface area contributed by atoms with Gasteiger partial charge >= 0.3 is 5.97 Å². The summed E-state index contributed by atoms with van der Waals surface area (Å²) in [7, 11) is 0. The summed E-state index contributed by atoms with van der Waals surface area (Å²) in [5.74, 6) is 0.399. The number of piperidine rings is 1. The number of likely N-dealkylation sites (tertiary alicyclic amines) is 1. The molecule has 0 bridgehead atoms. The van der Waals surface area contributed by atoms with E-state index in [1.807, 2.05) is 17.0 Å². The second kappa shape index (κ2) is 8.71. The molecule has 1 fully saturated rings. The van der Waals surface area contributed by atoms with Crippen molar-refractivity contribution in [3.05, 3.63) is 29.8 Å². The third-order valence-electron chi connectivity index (χ3n) is 4.26. The van der Waals surface area contributed by atoms with Gasteiger partial charge < -0.3 is 14.7 Å². The molecule has 1 unspecified atom stereocenters. The van der Waals surface area contributed by atoms with Gasteiger partial charge in [0.05, 0.1) is 6.61 Å². The Hall–Kier alpha value is -2.04. The lowest BCUT2D eigenvalue weighted by molar-refractivity contribution is -0.137. The number of ether oxygens (including phenoxy) is 1. The predicted molar refractivity (Wildman–Crippen MR) is 92.3 cm³/mol. The fourth-order valence-corrected chi connectivity index (χ4v) is 2.98. The quantitative estimate of drug-likeness (QED) is 0.828. The summed E-state index contributed by atoms with van der Waals surface area (Å²) < 4.78 is 5.64. The Morgan fingerprint density at radius 2 is 1.96 bits per heavy atom. The van der Waals surface area contributed by atoms with Crippen molar-refractivity contribution < 1.29 is 19.4 Å². The molecule has 0 saturated carbocycles. The number of carbonyl (C=O) groups is 2. The molecule has 1 heterocycles. The van der Waals surface area contributed by atoms with Gasteiger partial charge in [-0.05, 0) is 55.9 Å². The van der Waals surface area contributed by atoms with E-state index in [9.17, 15) is 9.59 Å². The van der Waals surface area contributed by atoms with Crippen LogP contribution in [-0.4, -0.2) is 41.1 Å². The zero-order valence-corrected chi connectivity index (χ0v) is 14.5. The van der Waals surface area contributed by atoms with Gasteiger partial charge in [-0.2, -0.15) is 0 Å². The van der Waals surface area contributed by atoms with E-state index in [0.717, 1.165) is 25.0 Å². The molecule has 1 aliphatic rings. The molecule has 0 radical (unpaired) electrons. The van der Waals surface area contributed by atoms with Gasteiger partial charge in [0.25, 0.3) is 5.91 Å². The minimum Gasteiger partial charge on any atom is -0.493 e. The largest absolute Gasteiger partial charge is 0.493 e. The zero-order valence-electron chi connectivity index (χ0n) is 14.5. The SMILES string of the molecule is CC(C)COc1ccc(C(=O)N2CCCCC2CCC(=O)O)cc1. The van der Waals surface area contributed by atoms with Crippen LogP contribution in [0.25, 0.3) is 0 Å². The molecule has 2 rings (SSSR count). The molecule has 1 aromatic rings. The van der Waals surface area contributed by atoms with E-state index >= 15 is 0 Å². The van der Waals surface area contributed by atoms with Crippen molar-refractivity contribution in [3.8, 4) is 5.75 Å². The molecule has 5 nitrogen and oxygen atoms in total. The standard InChI is InChI=1S/C19H27NO4/c1-14(2)13-24-17-9-6-15(7-10-17)19(23)20-12-4-3-5-16(20)8-11-18(21)22/h6-7,9-10,14,16H,3-5,8,11-13H2,1-2H3,(H,21,22). The number of aliphatic carboxylic acids is 1. The molecule has 0 aliphatic carbocycles. The maximum absolute atomic E-state index is 12.8. The van der Waals surface area contributed by atoms with E-state index in [4.69, 9.17) is 9.84 Å². The maximum atomic E-state index is 12.8. The molecule has 1 aliphatic heterocycles. The third kappa shape index (κ3) is 5.25. The highest BCUT2D eigenvalue weighted by molar-refractivity contribution is 5.94. The lowest BCUT2D eigenvalue weighted by atomic mass is 9.97. The van der Waals surface area contributed by atoms with Crippen LogP contribution in [0, 0.1) is 5.92 Å². The van der Waals surface area contributed by atoms with Gasteiger partial charge in [0.2, 0.25) is 0 Å². The summed E-state index contributed by atoms with van der Waals surface area (Å²) >= 11 is 0. The van der Waals surface area contributed by atoms with Gasteiger partial charge in [0, 0.05) is 24.6 Å². The number of carbonyl (C=O) groups excluding carboxylic acids is 1. The number of carboxylic acids is 1. The van der Waals surface area contributed by atoms with Gasteiger partial charge in [0.15, 0.2) is 0 Å². The number of carboxylic acid groups (broad SMARTS) is 1. The van der Waals surface area contributed by atoms with Crippen LogP contribution in [0.1, 0.15) is 56.3 Å². The van der Waals surface area contributed by atoms with Crippen LogP contribution in [0.3, 0.4) is 0 Å². The molecular formula is C19H27NO4. The Kier molecular flexibility index (Phi) is 6.64. The van der Waals surface area contributed by atoms with Gasteiger partial charge in [0.1, 0.15) is 5.75 Å². The summed E-state index contributed by atoms with van der Waals surface area (Å²) in [4.78, 5) is 25.4. The summed E-state index contributed by atoms with van der Waals surface area (Å²) in [6.45, 7) is 5.53. The number of rotatable bonds is 7. The second-order valence-corrected chi connectivity index (χ2v) is 6.81. The Morgan fingerprint density at radius 3 is 2.58 bits per heavy atom. The van der Waals surface area contributed by atoms with Crippen LogP contribution in [0.5, 0.6) is 5.75 Å². The third-order valence-corrected chi connectivity index (χ3v) is 4.26. The molecule has 5 heteroatoms. The minimum atomic E-state index is -0.806. The van der Waals surface area contributed by atoms with Crippen molar-refractivity contribution >= 4 is 11.9 Å². The molecule has 1 N–H and O–H groups in total. The van der Waals surface area contributed by atoms with Crippen LogP contribution >= 0.6 is 0 Å². The maximum Gasteiger partial charge on any atom is 0.303 e. The molecular weight excluding hydrogens is 306 g/mol. The van der Waals surface area contributed by atoms with Gasteiger partial charge in [-0.25, -0.2) is 0 Å². The van der Waals surface area contributed by atoms with Gasteiger partial charge in [-0.3, -0.25) is 9.59 Å². The van der Waals surface area contributed by atoms with Crippen molar-refractivity contribution in [3.63, 3.8) is 0 Å². The lowest BCUT2D eigenvalue weighted by Gasteiger charge is -2.35. The normalized spacial score (nSPS) is 17.8. The lowest BCUT2D eigenvalue weighted by Crippen LogP contribution is -2.43. The molecule has 1 aromatic carbocycles. The predicted octanol–water partition coefficient (Wildman–Crippen LogP) is 3.58. The first-order valence-corrected chi connectivity index (χ1v) is 8.73. The van der Waals surface area contributed by atoms with E-state index in [1.54, 1.807) is 12.1 Å². The minimum absolute atomic E-state index is 0.0134. The Balaban J connectivity index is 2.01. The Morgan fingerprint density at radius 1 is 1.25 bits per heavy atom. The highest BCUT2D eigenvalue weighted by atomic mass is 16.5. The molecule has 1 amide bonds. The van der Waals surface area contributed by atoms with E-state index in [2.05, 4.69) is 13.8 Å². The summed E-state index contributed by atoms with van der Waals surface area (Å²) in [6, 6.07) is 7.26. The van der Waals surface area contributed by atoms with Crippen LogP contribution in [-0.2, 0) is 4.79 Å². The first-order valence-electron chi connectivity index (χ1n) is 8.73. The average molecular weight is 333 g/mol. The average Bonchev–Trinajstić information content (AvgIpc) is 2.58.